The van der Waals surface area contributed by atoms with Gasteiger partial charge in [-0.1, -0.05) is 13.0 Å². The highest BCUT2D eigenvalue weighted by molar-refractivity contribution is 7.87. The van der Waals surface area contributed by atoms with Gasteiger partial charge in [-0.3, -0.25) is 4.90 Å². The van der Waals surface area contributed by atoms with Crippen molar-refractivity contribution >= 4 is 10.2 Å². The van der Waals surface area contributed by atoms with E-state index in [0.29, 0.717) is 31.5 Å². The Morgan fingerprint density at radius 1 is 1.13 bits per heavy atom. The van der Waals surface area contributed by atoms with Gasteiger partial charge in [0, 0.05) is 32.7 Å². The van der Waals surface area contributed by atoms with E-state index >= 15 is 0 Å². The molecule has 3 fully saturated rings. The van der Waals surface area contributed by atoms with Crippen molar-refractivity contribution in [2.24, 2.45) is 11.8 Å². The highest BCUT2D eigenvalue weighted by atomic mass is 32.2. The molecular weight excluding hydrogens is 414 g/mol. The maximum Gasteiger partial charge on any atom is 0.280 e. The predicted octanol–water partition coefficient (Wildman–Crippen LogP) is 1.82. The summed E-state index contributed by atoms with van der Waals surface area (Å²) in [6, 6.07) is 6.50. The number of hydrogen-bond acceptors (Lipinski definition) is 5. The molecule has 0 unspecified atom stereocenters. The van der Waals surface area contributed by atoms with E-state index in [4.69, 9.17) is 9.47 Å². The minimum atomic E-state index is -3.37. The molecule has 2 heterocycles. The highest BCUT2D eigenvalue weighted by Gasteiger charge is 2.59. The zero-order valence-corrected chi connectivity index (χ0v) is 19.3. The van der Waals surface area contributed by atoms with Crippen LogP contribution in [0.4, 0.5) is 0 Å². The van der Waals surface area contributed by atoms with Crippen LogP contribution in [-0.4, -0.2) is 75.7 Å². The van der Waals surface area contributed by atoms with Crippen LogP contribution in [0.15, 0.2) is 18.2 Å². The van der Waals surface area contributed by atoms with Crippen molar-refractivity contribution in [3.63, 3.8) is 0 Å². The fourth-order valence-electron chi connectivity index (χ4n) is 6.14. The first-order valence-corrected chi connectivity index (χ1v) is 13.3. The quantitative estimate of drug-likeness (QED) is 0.717. The topological polar surface area (TPSA) is 71.1 Å². The Morgan fingerprint density at radius 3 is 2.61 bits per heavy atom. The largest absolute Gasteiger partial charge is 0.492 e. The van der Waals surface area contributed by atoms with Gasteiger partial charge in [0.2, 0.25) is 0 Å². The molecule has 5 rings (SSSR count). The first-order chi connectivity index (χ1) is 15.0. The summed E-state index contributed by atoms with van der Waals surface area (Å²) in [7, 11) is -3.37. The minimum Gasteiger partial charge on any atom is -0.492 e. The van der Waals surface area contributed by atoms with Crippen LogP contribution < -0.4 is 9.46 Å². The lowest BCUT2D eigenvalue weighted by molar-refractivity contribution is 0.0322. The number of morpholine rings is 1. The van der Waals surface area contributed by atoms with Gasteiger partial charge in [-0.15, -0.1) is 0 Å². The molecule has 2 aliphatic heterocycles. The van der Waals surface area contributed by atoms with Gasteiger partial charge >= 0.3 is 0 Å². The summed E-state index contributed by atoms with van der Waals surface area (Å²) in [5, 5.41) is 0. The third-order valence-corrected chi connectivity index (χ3v) is 9.41. The normalized spacial score (nSPS) is 32.8. The molecule has 0 aromatic heterocycles. The molecule has 4 aliphatic rings. The van der Waals surface area contributed by atoms with Gasteiger partial charge in [0.25, 0.3) is 10.2 Å². The van der Waals surface area contributed by atoms with E-state index in [0.717, 1.165) is 70.7 Å². The summed E-state index contributed by atoms with van der Waals surface area (Å²) >= 11 is 0. The number of nitrogens with zero attached hydrogens (tertiary/aromatic N) is 2. The van der Waals surface area contributed by atoms with E-state index < -0.39 is 10.2 Å². The number of benzene rings is 1. The van der Waals surface area contributed by atoms with E-state index in [9.17, 15) is 8.42 Å². The van der Waals surface area contributed by atoms with Gasteiger partial charge in [0.05, 0.1) is 18.8 Å². The number of nitrogens with one attached hydrogen (secondary N) is 1. The number of hydrogen-bond donors (Lipinski definition) is 1. The first-order valence-electron chi connectivity index (χ1n) is 11.8. The van der Waals surface area contributed by atoms with Gasteiger partial charge in [-0.25, -0.2) is 0 Å². The Morgan fingerprint density at radius 2 is 1.87 bits per heavy atom. The lowest BCUT2D eigenvalue weighted by atomic mass is 9.79. The highest BCUT2D eigenvalue weighted by Crippen LogP contribution is 2.50. The monoisotopic (exact) mass is 449 g/mol. The van der Waals surface area contributed by atoms with Crippen molar-refractivity contribution in [3.05, 3.63) is 29.3 Å². The summed E-state index contributed by atoms with van der Waals surface area (Å²) in [6.45, 7) is 8.43. The Bertz CT molecular complexity index is 902. The molecule has 0 amide bonds. The van der Waals surface area contributed by atoms with Gasteiger partial charge in [-0.05, 0) is 67.2 Å². The van der Waals surface area contributed by atoms with Gasteiger partial charge in [-0.2, -0.15) is 17.4 Å². The summed E-state index contributed by atoms with van der Waals surface area (Å²) < 4.78 is 42.0. The summed E-state index contributed by atoms with van der Waals surface area (Å²) in [4.78, 5) is 2.38. The maximum absolute atomic E-state index is 12.8. The van der Waals surface area contributed by atoms with Crippen molar-refractivity contribution in [1.82, 2.24) is 13.9 Å². The van der Waals surface area contributed by atoms with Crippen LogP contribution in [0.2, 0.25) is 0 Å². The fraction of sp³-hybridized carbons (Fsp3) is 0.739. The molecule has 2 saturated heterocycles. The second-order valence-corrected chi connectivity index (χ2v) is 11.3. The maximum atomic E-state index is 12.8. The molecule has 1 aromatic rings. The third kappa shape index (κ3) is 4.13. The predicted molar refractivity (Wildman–Crippen MR) is 119 cm³/mol. The lowest BCUT2D eigenvalue weighted by Crippen LogP contribution is -2.52. The van der Waals surface area contributed by atoms with Crippen molar-refractivity contribution in [2.45, 2.75) is 44.6 Å². The van der Waals surface area contributed by atoms with Crippen molar-refractivity contribution < 1.29 is 17.9 Å². The van der Waals surface area contributed by atoms with Gasteiger partial charge in [0.15, 0.2) is 0 Å². The van der Waals surface area contributed by atoms with E-state index in [-0.39, 0.29) is 5.54 Å². The van der Waals surface area contributed by atoms with Crippen LogP contribution in [0.5, 0.6) is 5.75 Å². The Balaban J connectivity index is 1.29. The van der Waals surface area contributed by atoms with Crippen LogP contribution in [0, 0.1) is 11.8 Å². The van der Waals surface area contributed by atoms with Gasteiger partial charge < -0.3 is 9.47 Å². The Hall–Kier alpha value is -1.19. The number of ether oxygens (including phenoxy) is 2. The van der Waals surface area contributed by atoms with Crippen LogP contribution >= 0.6 is 0 Å². The number of fused-ring (bicyclic) bond motifs is 1. The molecular formula is C23H35N3O4S. The van der Waals surface area contributed by atoms with Crippen LogP contribution in [0.25, 0.3) is 0 Å². The molecule has 7 nitrogen and oxygen atoms in total. The molecule has 2 bridgehead atoms. The Kier molecular flexibility index (Phi) is 6.03. The van der Waals surface area contributed by atoms with E-state index in [2.05, 4.69) is 27.8 Å². The average Bonchev–Trinajstić information content (AvgIpc) is 3.14. The molecule has 8 heteroatoms. The Labute approximate surface area is 186 Å². The summed E-state index contributed by atoms with van der Waals surface area (Å²) in [5.74, 6) is 1.64. The minimum absolute atomic E-state index is 0.315. The standard InChI is InChI=1S/C23H35N3O4S/c1-2-7-26-17-23(24-31(26,27)28)20-4-5-21(23)15-19-16-22(6-3-18(19)14-20)30-13-10-25-8-11-29-12-9-25/h3,6,16,20-21,24H,2,4-5,7-15,17H2,1H3/t20-,21+,23-/m1/s1. The van der Waals surface area contributed by atoms with Gasteiger partial charge in [0.1, 0.15) is 12.4 Å². The summed E-state index contributed by atoms with van der Waals surface area (Å²) in [6.07, 6.45) is 4.91. The van der Waals surface area contributed by atoms with E-state index in [1.54, 1.807) is 4.31 Å². The average molecular weight is 450 g/mol. The molecule has 1 saturated carbocycles. The van der Waals surface area contributed by atoms with Crippen molar-refractivity contribution in [2.75, 3.05) is 52.5 Å². The second-order valence-electron chi connectivity index (χ2n) is 9.59. The molecule has 0 radical (unpaired) electrons. The number of rotatable bonds is 6. The molecule has 172 valence electrons. The second kappa shape index (κ2) is 8.63. The smallest absolute Gasteiger partial charge is 0.280 e. The summed E-state index contributed by atoms with van der Waals surface area (Å²) in [5.41, 5.74) is 2.38. The zero-order valence-electron chi connectivity index (χ0n) is 18.5. The van der Waals surface area contributed by atoms with Crippen molar-refractivity contribution in [1.29, 1.82) is 0 Å². The third-order valence-electron chi connectivity index (χ3n) is 7.78. The fourth-order valence-corrected chi connectivity index (χ4v) is 7.95. The lowest BCUT2D eigenvalue weighted by Gasteiger charge is -2.33. The molecule has 31 heavy (non-hydrogen) atoms. The van der Waals surface area contributed by atoms with E-state index in [1.165, 1.54) is 11.1 Å². The molecule has 3 atom stereocenters. The van der Waals surface area contributed by atoms with Crippen LogP contribution in [0.1, 0.15) is 37.3 Å². The van der Waals surface area contributed by atoms with Crippen molar-refractivity contribution in [3.8, 4) is 5.75 Å². The molecule has 2 aliphatic carbocycles. The van der Waals surface area contributed by atoms with Crippen LogP contribution in [-0.2, 0) is 27.8 Å². The first kappa shape index (κ1) is 21.6. The SMILES string of the molecule is CCCN1C[C@@]2(NS1(=O)=O)[C@@H]1CC[C@H]2Cc2cc(OCCN3CCOCC3)ccc2C1. The molecule has 1 N–H and O–H groups in total. The molecule has 1 spiro atoms. The molecule has 1 aromatic carbocycles. The zero-order chi connectivity index (χ0) is 21.5. The van der Waals surface area contributed by atoms with Crippen LogP contribution in [0.3, 0.4) is 0 Å². The van der Waals surface area contributed by atoms with E-state index in [1.807, 2.05) is 6.92 Å².